The molecule has 19 heavy (non-hydrogen) atoms. The molecule has 2 rings (SSSR count). The standard InChI is InChI=1S/C12H6BrF3N2O/c13-8-2-10(16)11(3-9(8)15)18-12(19)6-1-7(14)5-17-4-6/h1-5H,(H,18,19). The molecule has 0 unspecified atom stereocenters. The minimum Gasteiger partial charge on any atom is -0.319 e. The Morgan fingerprint density at radius 1 is 1.11 bits per heavy atom. The van der Waals surface area contributed by atoms with Crippen LogP contribution in [-0.4, -0.2) is 10.9 Å². The number of nitrogens with one attached hydrogen (secondary N) is 1. The number of amides is 1. The quantitative estimate of drug-likeness (QED) is 0.856. The number of benzene rings is 1. The van der Waals surface area contributed by atoms with Crippen LogP contribution in [0.5, 0.6) is 0 Å². The minimum absolute atomic E-state index is 0.0598. The smallest absolute Gasteiger partial charge is 0.257 e. The van der Waals surface area contributed by atoms with Crippen LogP contribution in [0.25, 0.3) is 0 Å². The van der Waals surface area contributed by atoms with Gasteiger partial charge in [0.1, 0.15) is 17.5 Å². The molecule has 1 N–H and O–H groups in total. The average molecular weight is 331 g/mol. The largest absolute Gasteiger partial charge is 0.319 e. The summed E-state index contributed by atoms with van der Waals surface area (Å²) in [5, 5.41) is 2.14. The average Bonchev–Trinajstić information content (AvgIpc) is 2.36. The van der Waals surface area contributed by atoms with Gasteiger partial charge in [-0.3, -0.25) is 9.78 Å². The third-order valence-electron chi connectivity index (χ3n) is 2.23. The van der Waals surface area contributed by atoms with Gasteiger partial charge in [0.05, 0.1) is 21.9 Å². The third-order valence-corrected chi connectivity index (χ3v) is 2.83. The molecule has 0 saturated carbocycles. The first kappa shape index (κ1) is 13.5. The summed E-state index contributed by atoms with van der Waals surface area (Å²) in [7, 11) is 0. The lowest BCUT2D eigenvalue weighted by molar-refractivity contribution is 0.102. The minimum atomic E-state index is -0.814. The van der Waals surface area contributed by atoms with E-state index in [9.17, 15) is 18.0 Å². The molecule has 3 nitrogen and oxygen atoms in total. The molecule has 1 amide bonds. The van der Waals surface area contributed by atoms with Crippen molar-refractivity contribution < 1.29 is 18.0 Å². The predicted octanol–water partition coefficient (Wildman–Crippen LogP) is 3.51. The van der Waals surface area contributed by atoms with E-state index in [2.05, 4.69) is 26.2 Å². The number of nitrogens with zero attached hydrogens (tertiary/aromatic N) is 1. The fourth-order valence-corrected chi connectivity index (χ4v) is 1.66. The molecule has 98 valence electrons. The first-order chi connectivity index (χ1) is 8.97. The van der Waals surface area contributed by atoms with Gasteiger partial charge in [-0.05, 0) is 28.1 Å². The van der Waals surface area contributed by atoms with Crippen LogP contribution in [0.2, 0.25) is 0 Å². The second-order valence-electron chi connectivity index (χ2n) is 3.59. The van der Waals surface area contributed by atoms with Gasteiger partial charge in [-0.1, -0.05) is 0 Å². The molecule has 0 bridgehead atoms. The summed E-state index contributed by atoms with van der Waals surface area (Å²) in [5.41, 5.74) is -0.433. The summed E-state index contributed by atoms with van der Waals surface area (Å²) in [5.74, 6) is -3.03. The lowest BCUT2D eigenvalue weighted by Gasteiger charge is -2.07. The van der Waals surface area contributed by atoms with Crippen LogP contribution in [0, 0.1) is 17.5 Å². The van der Waals surface area contributed by atoms with Gasteiger partial charge >= 0.3 is 0 Å². The second-order valence-corrected chi connectivity index (χ2v) is 4.45. The molecule has 0 aliphatic carbocycles. The summed E-state index contributed by atoms with van der Waals surface area (Å²) in [6.45, 7) is 0. The van der Waals surface area contributed by atoms with E-state index in [1.54, 1.807) is 0 Å². The maximum atomic E-state index is 13.5. The van der Waals surface area contributed by atoms with E-state index in [1.807, 2.05) is 0 Å². The molecule has 1 heterocycles. The highest BCUT2D eigenvalue weighted by molar-refractivity contribution is 9.10. The zero-order valence-corrected chi connectivity index (χ0v) is 10.8. The Morgan fingerprint density at radius 2 is 1.84 bits per heavy atom. The number of hydrogen-bond donors (Lipinski definition) is 1. The van der Waals surface area contributed by atoms with Crippen LogP contribution in [0.3, 0.4) is 0 Å². The Balaban J connectivity index is 2.27. The van der Waals surface area contributed by atoms with Crippen molar-refractivity contribution in [3.05, 3.63) is 58.1 Å². The molecule has 2 aromatic rings. The van der Waals surface area contributed by atoms with Gasteiger partial charge in [-0.25, -0.2) is 13.2 Å². The van der Waals surface area contributed by atoms with Crippen molar-refractivity contribution in [3.8, 4) is 0 Å². The van der Waals surface area contributed by atoms with E-state index >= 15 is 0 Å². The summed E-state index contributed by atoms with van der Waals surface area (Å²) in [4.78, 5) is 15.2. The Labute approximate surface area is 114 Å². The van der Waals surface area contributed by atoms with Crippen molar-refractivity contribution in [2.75, 3.05) is 5.32 Å². The van der Waals surface area contributed by atoms with E-state index in [4.69, 9.17) is 0 Å². The van der Waals surface area contributed by atoms with Gasteiger partial charge in [0.15, 0.2) is 0 Å². The molecule has 1 aromatic heterocycles. The number of aromatic nitrogens is 1. The zero-order valence-electron chi connectivity index (χ0n) is 9.25. The monoisotopic (exact) mass is 330 g/mol. The van der Waals surface area contributed by atoms with Crippen LogP contribution in [0.4, 0.5) is 18.9 Å². The molecular weight excluding hydrogens is 325 g/mol. The summed E-state index contributed by atoms with van der Waals surface area (Å²) in [6.07, 6.45) is 2.04. The lowest BCUT2D eigenvalue weighted by atomic mass is 10.2. The number of anilines is 1. The van der Waals surface area contributed by atoms with E-state index < -0.39 is 23.4 Å². The van der Waals surface area contributed by atoms with Crippen molar-refractivity contribution >= 4 is 27.5 Å². The van der Waals surface area contributed by atoms with Gasteiger partial charge in [-0.2, -0.15) is 0 Å². The zero-order chi connectivity index (χ0) is 14.0. The highest BCUT2D eigenvalue weighted by Crippen LogP contribution is 2.23. The van der Waals surface area contributed by atoms with Crippen LogP contribution < -0.4 is 5.32 Å². The van der Waals surface area contributed by atoms with Gasteiger partial charge in [0, 0.05) is 12.3 Å². The molecule has 0 aliphatic heterocycles. The van der Waals surface area contributed by atoms with Gasteiger partial charge in [0.2, 0.25) is 0 Å². The Bertz CT molecular complexity index is 649. The Hall–Kier alpha value is -1.89. The molecule has 1 aromatic carbocycles. The van der Waals surface area contributed by atoms with E-state index in [0.29, 0.717) is 0 Å². The Kier molecular flexibility index (Phi) is 3.84. The van der Waals surface area contributed by atoms with Crippen LogP contribution in [0.15, 0.2) is 35.1 Å². The summed E-state index contributed by atoms with van der Waals surface area (Å²) >= 11 is 2.81. The van der Waals surface area contributed by atoms with Gasteiger partial charge in [-0.15, -0.1) is 0 Å². The first-order valence-corrected chi connectivity index (χ1v) is 5.83. The van der Waals surface area contributed by atoms with Crippen LogP contribution >= 0.6 is 15.9 Å². The Morgan fingerprint density at radius 3 is 2.53 bits per heavy atom. The van der Waals surface area contributed by atoms with Gasteiger partial charge in [0.25, 0.3) is 5.91 Å². The molecule has 0 atom stereocenters. The number of pyridine rings is 1. The van der Waals surface area contributed by atoms with Crippen molar-refractivity contribution in [2.45, 2.75) is 0 Å². The van der Waals surface area contributed by atoms with Crippen molar-refractivity contribution in [1.29, 1.82) is 0 Å². The fourth-order valence-electron chi connectivity index (χ4n) is 1.35. The van der Waals surface area contributed by atoms with Crippen LogP contribution in [0.1, 0.15) is 10.4 Å². The van der Waals surface area contributed by atoms with Crippen molar-refractivity contribution in [1.82, 2.24) is 4.98 Å². The predicted molar refractivity (Wildman–Crippen MR) is 66.2 cm³/mol. The van der Waals surface area contributed by atoms with E-state index in [0.717, 1.165) is 30.6 Å². The molecule has 0 radical (unpaired) electrons. The summed E-state index contributed by atoms with van der Waals surface area (Å²) < 4.78 is 39.5. The molecule has 0 fully saturated rings. The number of rotatable bonds is 2. The number of carbonyl (C=O) groups excluding carboxylic acids is 1. The maximum absolute atomic E-state index is 13.5. The second kappa shape index (κ2) is 5.40. The number of hydrogen-bond acceptors (Lipinski definition) is 2. The topological polar surface area (TPSA) is 42.0 Å². The third kappa shape index (κ3) is 3.11. The number of carbonyl (C=O) groups is 1. The highest BCUT2D eigenvalue weighted by Gasteiger charge is 2.13. The lowest BCUT2D eigenvalue weighted by Crippen LogP contribution is -2.14. The van der Waals surface area contributed by atoms with E-state index in [-0.39, 0.29) is 15.7 Å². The first-order valence-electron chi connectivity index (χ1n) is 5.04. The highest BCUT2D eigenvalue weighted by atomic mass is 79.9. The molecule has 7 heteroatoms. The van der Waals surface area contributed by atoms with Crippen molar-refractivity contribution in [3.63, 3.8) is 0 Å². The maximum Gasteiger partial charge on any atom is 0.257 e. The fraction of sp³-hybridized carbons (Fsp3) is 0. The molecule has 0 saturated heterocycles. The normalized spacial score (nSPS) is 10.3. The summed E-state index contributed by atoms with van der Waals surface area (Å²) in [6, 6.07) is 2.65. The van der Waals surface area contributed by atoms with E-state index in [1.165, 1.54) is 0 Å². The molecule has 0 spiro atoms. The number of halogens is 4. The molecular formula is C12H6BrF3N2O. The van der Waals surface area contributed by atoms with Crippen LogP contribution in [-0.2, 0) is 0 Å². The SMILES string of the molecule is O=C(Nc1cc(F)c(Br)cc1F)c1cncc(F)c1. The molecule has 0 aliphatic rings. The van der Waals surface area contributed by atoms with Crippen molar-refractivity contribution in [2.24, 2.45) is 0 Å². The van der Waals surface area contributed by atoms with Gasteiger partial charge < -0.3 is 5.32 Å².